The van der Waals surface area contributed by atoms with Crippen molar-refractivity contribution >= 4 is 17.5 Å². The van der Waals surface area contributed by atoms with E-state index >= 15 is 0 Å². The predicted molar refractivity (Wildman–Crippen MR) is 67.2 cm³/mol. The van der Waals surface area contributed by atoms with E-state index in [1.807, 2.05) is 13.8 Å². The fourth-order valence-electron chi connectivity index (χ4n) is 1.38. The molecule has 0 spiro atoms. The molecular weight excluding hydrogens is 240 g/mol. The minimum atomic E-state index is -0.223. The molecule has 94 valence electrons. The number of carbonyl (C=O) groups excluding carboxylic acids is 1. The molecule has 0 aliphatic rings. The molecule has 1 unspecified atom stereocenters. The fourth-order valence-corrected chi connectivity index (χ4v) is 1.59. The molecule has 0 saturated heterocycles. The number of nitrogens with zero attached hydrogens (tertiary/aromatic N) is 1. The van der Waals surface area contributed by atoms with Gasteiger partial charge < -0.3 is 10.1 Å². The van der Waals surface area contributed by atoms with Gasteiger partial charge in [-0.2, -0.15) is 0 Å². The third kappa shape index (κ3) is 3.98. The number of carbonyl (C=O) groups is 1. The summed E-state index contributed by atoms with van der Waals surface area (Å²) in [6.07, 6.45) is 1.55. The molecule has 0 fully saturated rings. The van der Waals surface area contributed by atoms with E-state index in [0.717, 1.165) is 0 Å². The molecule has 1 rings (SSSR count). The number of methoxy groups -OCH3 is 1. The molecule has 0 radical (unpaired) electrons. The van der Waals surface area contributed by atoms with Gasteiger partial charge in [0.15, 0.2) is 0 Å². The largest absolute Gasteiger partial charge is 0.383 e. The molecule has 1 N–H and O–H groups in total. The van der Waals surface area contributed by atoms with E-state index in [4.69, 9.17) is 16.3 Å². The average molecular weight is 257 g/mol. The Morgan fingerprint density at radius 1 is 1.59 bits per heavy atom. The number of hydrogen-bond acceptors (Lipinski definition) is 3. The molecule has 17 heavy (non-hydrogen) atoms. The molecule has 1 atom stereocenters. The summed E-state index contributed by atoms with van der Waals surface area (Å²) in [5.41, 5.74) is 0.385. The lowest BCUT2D eigenvalue weighted by atomic mass is 10.0. The van der Waals surface area contributed by atoms with Crippen molar-refractivity contribution in [2.45, 2.75) is 19.9 Å². The number of rotatable bonds is 5. The van der Waals surface area contributed by atoms with Crippen LogP contribution in [0.15, 0.2) is 18.3 Å². The Bertz CT molecular complexity index is 383. The van der Waals surface area contributed by atoms with Crippen molar-refractivity contribution in [1.82, 2.24) is 10.3 Å². The summed E-state index contributed by atoms with van der Waals surface area (Å²) in [6, 6.07) is 3.29. The molecule has 0 aliphatic carbocycles. The molecule has 0 saturated carbocycles. The molecule has 1 heterocycles. The highest BCUT2D eigenvalue weighted by Crippen LogP contribution is 2.12. The lowest BCUT2D eigenvalue weighted by Crippen LogP contribution is -2.41. The summed E-state index contributed by atoms with van der Waals surface area (Å²) in [6.45, 7) is 4.52. The van der Waals surface area contributed by atoms with Crippen LogP contribution in [0.2, 0.25) is 5.15 Å². The number of amides is 1. The maximum Gasteiger partial charge on any atom is 0.254 e. The van der Waals surface area contributed by atoms with Crippen LogP contribution in [0.1, 0.15) is 24.2 Å². The van der Waals surface area contributed by atoms with Crippen molar-refractivity contribution in [2.24, 2.45) is 5.92 Å². The van der Waals surface area contributed by atoms with Crippen LogP contribution >= 0.6 is 11.6 Å². The zero-order valence-electron chi connectivity index (χ0n) is 10.2. The highest BCUT2D eigenvalue weighted by Gasteiger charge is 2.18. The monoisotopic (exact) mass is 256 g/mol. The van der Waals surface area contributed by atoms with Gasteiger partial charge in [0.05, 0.1) is 18.2 Å². The number of ether oxygens (including phenoxy) is 1. The van der Waals surface area contributed by atoms with Crippen molar-refractivity contribution < 1.29 is 9.53 Å². The van der Waals surface area contributed by atoms with E-state index in [-0.39, 0.29) is 23.0 Å². The highest BCUT2D eigenvalue weighted by atomic mass is 35.5. The third-order valence-electron chi connectivity index (χ3n) is 2.47. The van der Waals surface area contributed by atoms with E-state index in [9.17, 15) is 4.79 Å². The highest BCUT2D eigenvalue weighted by molar-refractivity contribution is 6.32. The SMILES string of the molecule is COCC(NC(=O)c1cccnc1Cl)C(C)C. The number of pyridine rings is 1. The van der Waals surface area contributed by atoms with E-state index in [2.05, 4.69) is 10.3 Å². The molecule has 5 heteroatoms. The Kier molecular flexibility index (Phi) is 5.38. The quantitative estimate of drug-likeness (QED) is 0.822. The van der Waals surface area contributed by atoms with Crippen molar-refractivity contribution in [1.29, 1.82) is 0 Å². The van der Waals surface area contributed by atoms with Crippen LogP contribution < -0.4 is 5.32 Å². The maximum absolute atomic E-state index is 12.0. The topological polar surface area (TPSA) is 51.2 Å². The summed E-state index contributed by atoms with van der Waals surface area (Å²) in [7, 11) is 1.61. The van der Waals surface area contributed by atoms with Gasteiger partial charge in [-0.3, -0.25) is 4.79 Å². The normalized spacial score (nSPS) is 12.5. The summed E-state index contributed by atoms with van der Waals surface area (Å²) in [4.78, 5) is 15.8. The number of aromatic nitrogens is 1. The van der Waals surface area contributed by atoms with Gasteiger partial charge in [-0.25, -0.2) is 4.98 Å². The van der Waals surface area contributed by atoms with Crippen LogP contribution in [0.5, 0.6) is 0 Å². The van der Waals surface area contributed by atoms with Crippen molar-refractivity contribution in [3.05, 3.63) is 29.0 Å². The molecule has 0 bridgehead atoms. The Labute approximate surface area is 106 Å². The Hall–Kier alpha value is -1.13. The standard InChI is InChI=1S/C12H17ClN2O2/c1-8(2)10(7-17-3)15-12(16)9-5-4-6-14-11(9)13/h4-6,8,10H,7H2,1-3H3,(H,15,16). The summed E-state index contributed by atoms with van der Waals surface area (Å²) < 4.78 is 5.07. The Morgan fingerprint density at radius 3 is 2.82 bits per heavy atom. The fraction of sp³-hybridized carbons (Fsp3) is 0.500. The maximum atomic E-state index is 12.0. The number of hydrogen-bond donors (Lipinski definition) is 1. The smallest absolute Gasteiger partial charge is 0.254 e. The van der Waals surface area contributed by atoms with Gasteiger partial charge in [-0.15, -0.1) is 0 Å². The molecule has 4 nitrogen and oxygen atoms in total. The van der Waals surface area contributed by atoms with Gasteiger partial charge in [0.25, 0.3) is 5.91 Å². The van der Waals surface area contributed by atoms with E-state index in [0.29, 0.717) is 12.2 Å². The molecule has 1 aromatic rings. The zero-order chi connectivity index (χ0) is 12.8. The molecule has 1 aromatic heterocycles. The second-order valence-electron chi connectivity index (χ2n) is 4.12. The first-order valence-corrected chi connectivity index (χ1v) is 5.84. The zero-order valence-corrected chi connectivity index (χ0v) is 11.0. The first-order valence-electron chi connectivity index (χ1n) is 5.46. The van der Waals surface area contributed by atoms with Crippen molar-refractivity contribution in [3.63, 3.8) is 0 Å². The minimum Gasteiger partial charge on any atom is -0.383 e. The molecule has 0 aliphatic heterocycles. The summed E-state index contributed by atoms with van der Waals surface area (Å²) >= 11 is 5.86. The first kappa shape index (κ1) is 13.9. The van der Waals surface area contributed by atoms with Crippen LogP contribution in [0.25, 0.3) is 0 Å². The van der Waals surface area contributed by atoms with E-state index in [1.54, 1.807) is 25.4 Å². The van der Waals surface area contributed by atoms with Gasteiger partial charge in [-0.05, 0) is 18.1 Å². The van der Waals surface area contributed by atoms with Gasteiger partial charge >= 0.3 is 0 Å². The van der Waals surface area contributed by atoms with Crippen LogP contribution in [0, 0.1) is 5.92 Å². The molecular formula is C12H17ClN2O2. The third-order valence-corrected chi connectivity index (χ3v) is 2.77. The Morgan fingerprint density at radius 2 is 2.29 bits per heavy atom. The van der Waals surface area contributed by atoms with Gasteiger partial charge in [0.2, 0.25) is 0 Å². The van der Waals surface area contributed by atoms with Crippen molar-refractivity contribution in [2.75, 3.05) is 13.7 Å². The Balaban J connectivity index is 2.74. The van der Waals surface area contributed by atoms with E-state index in [1.165, 1.54) is 0 Å². The lowest BCUT2D eigenvalue weighted by Gasteiger charge is -2.21. The minimum absolute atomic E-state index is 0.0382. The van der Waals surface area contributed by atoms with Crippen LogP contribution in [-0.4, -0.2) is 30.6 Å². The molecule has 0 aromatic carbocycles. The second-order valence-corrected chi connectivity index (χ2v) is 4.48. The molecule has 1 amide bonds. The van der Waals surface area contributed by atoms with Gasteiger partial charge in [0.1, 0.15) is 5.15 Å². The second kappa shape index (κ2) is 6.57. The van der Waals surface area contributed by atoms with E-state index < -0.39 is 0 Å². The van der Waals surface area contributed by atoms with Gasteiger partial charge in [0, 0.05) is 13.3 Å². The van der Waals surface area contributed by atoms with Crippen LogP contribution in [0.4, 0.5) is 0 Å². The first-order chi connectivity index (χ1) is 8.06. The van der Waals surface area contributed by atoms with Crippen molar-refractivity contribution in [3.8, 4) is 0 Å². The van der Waals surface area contributed by atoms with Crippen LogP contribution in [-0.2, 0) is 4.74 Å². The number of nitrogens with one attached hydrogen (secondary N) is 1. The number of halogens is 1. The van der Waals surface area contributed by atoms with Crippen LogP contribution in [0.3, 0.4) is 0 Å². The summed E-state index contributed by atoms with van der Waals surface area (Å²) in [5.74, 6) is 0.0631. The van der Waals surface area contributed by atoms with Gasteiger partial charge in [-0.1, -0.05) is 25.4 Å². The predicted octanol–water partition coefficient (Wildman–Crippen LogP) is 2.14. The summed E-state index contributed by atoms with van der Waals surface area (Å²) in [5, 5.41) is 3.10. The lowest BCUT2D eigenvalue weighted by molar-refractivity contribution is 0.0866. The average Bonchev–Trinajstić information content (AvgIpc) is 2.28.